The zero-order valence-corrected chi connectivity index (χ0v) is 24.0. The fourth-order valence-corrected chi connectivity index (χ4v) is 7.91. The predicted octanol–water partition coefficient (Wildman–Crippen LogP) is 2.36. The second-order valence-electron chi connectivity index (χ2n) is 12.6. The Morgan fingerprint density at radius 2 is 2.15 bits per heavy atom. The number of likely N-dealkylation sites (tertiary alicyclic amines) is 1. The van der Waals surface area contributed by atoms with Gasteiger partial charge in [0.25, 0.3) is 0 Å². The molecule has 5 aliphatic rings. The van der Waals surface area contributed by atoms with Crippen LogP contribution < -0.4 is 15.4 Å². The second kappa shape index (κ2) is 11.4. The standard InChI is InChI=1S/C31H44N6O3/c1-4-27(38)37-16-15-36(19-23(37)11-13-32)29-25-10-12-31(17-22-8-5-7-21(2)28(22)40-31)18-26(25)33-30(34-29)39-20-24-9-6-14-35(24)3/h4-5,7-8,23-26,29-30,33-34H,1,6,9-12,14-20H2,2-3H3/t23?,24?,25?,26?,29?,30?,31-/m1/s1. The molecule has 216 valence electrons. The van der Waals surface area contributed by atoms with Crippen molar-refractivity contribution in [3.8, 4) is 11.8 Å². The Kier molecular flexibility index (Phi) is 7.90. The number of aryl methyl sites for hydroxylation is 1. The number of para-hydroxylation sites is 1. The van der Waals surface area contributed by atoms with Crippen LogP contribution in [0.25, 0.3) is 0 Å². The Balaban J connectivity index is 1.21. The van der Waals surface area contributed by atoms with Gasteiger partial charge in [0.1, 0.15) is 11.4 Å². The van der Waals surface area contributed by atoms with Crippen molar-refractivity contribution < 1.29 is 14.3 Å². The van der Waals surface area contributed by atoms with Crippen molar-refractivity contribution in [1.82, 2.24) is 25.3 Å². The fourth-order valence-electron chi connectivity index (χ4n) is 7.91. The van der Waals surface area contributed by atoms with Crippen LogP contribution in [-0.2, 0) is 16.0 Å². The second-order valence-corrected chi connectivity index (χ2v) is 12.6. The number of nitrogens with zero attached hydrogens (tertiary/aromatic N) is 4. The quantitative estimate of drug-likeness (QED) is 0.524. The van der Waals surface area contributed by atoms with Gasteiger partial charge in [-0.2, -0.15) is 5.26 Å². The topological polar surface area (TPSA) is 93.1 Å². The summed E-state index contributed by atoms with van der Waals surface area (Å²) < 4.78 is 13.3. The highest BCUT2D eigenvalue weighted by molar-refractivity contribution is 5.87. The number of fused-ring (bicyclic) bond motifs is 2. The lowest BCUT2D eigenvalue weighted by atomic mass is 9.71. The van der Waals surface area contributed by atoms with Gasteiger partial charge in [0.2, 0.25) is 5.91 Å². The van der Waals surface area contributed by atoms with E-state index in [0.717, 1.165) is 44.5 Å². The Hall–Kier alpha value is -2.48. The van der Waals surface area contributed by atoms with E-state index >= 15 is 0 Å². The molecule has 4 heterocycles. The number of likely N-dealkylation sites (N-methyl/N-ethyl adjacent to an activating group) is 1. The van der Waals surface area contributed by atoms with E-state index in [1.54, 1.807) is 0 Å². The molecule has 2 N–H and O–H groups in total. The third-order valence-corrected chi connectivity index (χ3v) is 10.1. The van der Waals surface area contributed by atoms with Gasteiger partial charge in [-0.3, -0.25) is 20.3 Å². The van der Waals surface area contributed by atoms with Crippen LogP contribution in [0.5, 0.6) is 5.75 Å². The molecule has 1 aromatic rings. The molecular weight excluding hydrogens is 504 g/mol. The van der Waals surface area contributed by atoms with E-state index in [0.29, 0.717) is 38.1 Å². The van der Waals surface area contributed by atoms with Gasteiger partial charge in [-0.1, -0.05) is 24.8 Å². The molecule has 9 nitrogen and oxygen atoms in total. The lowest BCUT2D eigenvalue weighted by Crippen LogP contribution is -2.73. The van der Waals surface area contributed by atoms with Gasteiger partial charge in [0.05, 0.1) is 31.3 Å². The molecule has 4 aliphatic heterocycles. The van der Waals surface area contributed by atoms with Crippen molar-refractivity contribution in [2.24, 2.45) is 5.92 Å². The van der Waals surface area contributed by atoms with Crippen molar-refractivity contribution >= 4 is 5.91 Å². The van der Waals surface area contributed by atoms with Crippen LogP contribution >= 0.6 is 0 Å². The lowest BCUT2D eigenvalue weighted by Gasteiger charge is -2.54. The van der Waals surface area contributed by atoms with Crippen LogP contribution in [0, 0.1) is 24.2 Å². The number of nitrogens with one attached hydrogen (secondary N) is 2. The van der Waals surface area contributed by atoms with Crippen molar-refractivity contribution in [1.29, 1.82) is 5.26 Å². The zero-order chi connectivity index (χ0) is 27.9. The fraction of sp³-hybridized carbons (Fsp3) is 0.677. The van der Waals surface area contributed by atoms with Gasteiger partial charge in [-0.05, 0) is 63.4 Å². The van der Waals surface area contributed by atoms with E-state index in [4.69, 9.17) is 9.47 Å². The third-order valence-electron chi connectivity index (χ3n) is 10.1. The highest BCUT2D eigenvalue weighted by Crippen LogP contribution is 2.47. The molecule has 1 amide bonds. The van der Waals surface area contributed by atoms with Gasteiger partial charge < -0.3 is 19.3 Å². The number of ether oxygens (including phenoxy) is 2. The number of amides is 1. The Morgan fingerprint density at radius 3 is 2.90 bits per heavy atom. The first kappa shape index (κ1) is 27.7. The SMILES string of the molecule is C=CC(=O)N1CCN(C2NC(OCC3CCCN3C)NC3C[C@@]4(CCC32)Cc2cccc(C)c2O4)CC1CC#N. The summed E-state index contributed by atoms with van der Waals surface area (Å²) in [6, 6.07) is 9.34. The maximum absolute atomic E-state index is 12.5. The summed E-state index contributed by atoms with van der Waals surface area (Å²) in [5.74, 6) is 1.36. The van der Waals surface area contributed by atoms with Crippen LogP contribution in [0.4, 0.5) is 0 Å². The molecule has 3 saturated heterocycles. The summed E-state index contributed by atoms with van der Waals surface area (Å²) in [6.45, 7) is 9.65. The third kappa shape index (κ3) is 5.28. The minimum absolute atomic E-state index is 0.0919. The Bertz CT molecular complexity index is 1150. The average molecular weight is 549 g/mol. The van der Waals surface area contributed by atoms with Gasteiger partial charge in [0, 0.05) is 50.5 Å². The van der Waals surface area contributed by atoms with Gasteiger partial charge in [-0.25, -0.2) is 0 Å². The molecule has 40 heavy (non-hydrogen) atoms. The minimum atomic E-state index is -0.261. The Morgan fingerprint density at radius 1 is 1.27 bits per heavy atom. The monoisotopic (exact) mass is 548 g/mol. The zero-order valence-electron chi connectivity index (χ0n) is 24.0. The summed E-state index contributed by atoms with van der Waals surface area (Å²) in [6.07, 6.45) is 7.85. The molecule has 0 aromatic heterocycles. The number of nitriles is 1. The molecule has 9 heteroatoms. The van der Waals surface area contributed by atoms with Gasteiger partial charge in [0.15, 0.2) is 6.35 Å². The average Bonchev–Trinajstić information content (AvgIpc) is 3.54. The van der Waals surface area contributed by atoms with E-state index in [1.807, 2.05) is 4.90 Å². The van der Waals surface area contributed by atoms with Crippen LogP contribution in [0.2, 0.25) is 0 Å². The number of hydrogen-bond donors (Lipinski definition) is 2. The highest BCUT2D eigenvalue weighted by Gasteiger charge is 2.52. The molecule has 6 unspecified atom stereocenters. The van der Waals surface area contributed by atoms with Crippen LogP contribution in [0.15, 0.2) is 30.9 Å². The van der Waals surface area contributed by atoms with Crippen molar-refractivity contribution in [2.75, 3.05) is 39.8 Å². The predicted molar refractivity (Wildman–Crippen MR) is 152 cm³/mol. The van der Waals surface area contributed by atoms with Gasteiger partial charge in [-0.15, -0.1) is 0 Å². The summed E-state index contributed by atoms with van der Waals surface area (Å²) in [4.78, 5) is 19.2. The van der Waals surface area contributed by atoms with E-state index in [-0.39, 0.29) is 36.1 Å². The van der Waals surface area contributed by atoms with Crippen LogP contribution in [0.3, 0.4) is 0 Å². The van der Waals surface area contributed by atoms with E-state index in [9.17, 15) is 10.1 Å². The number of benzene rings is 1. The first-order valence-corrected chi connectivity index (χ1v) is 15.1. The molecule has 1 spiro atoms. The normalized spacial score (nSPS) is 36.1. The number of carbonyl (C=O) groups is 1. The number of carbonyl (C=O) groups excluding carboxylic acids is 1. The number of hydrogen-bond acceptors (Lipinski definition) is 8. The lowest BCUT2D eigenvalue weighted by molar-refractivity contribution is -0.138. The number of rotatable bonds is 6. The molecular formula is C31H44N6O3. The summed E-state index contributed by atoms with van der Waals surface area (Å²) in [5, 5.41) is 17.2. The van der Waals surface area contributed by atoms with Gasteiger partial charge >= 0.3 is 0 Å². The molecule has 1 saturated carbocycles. The maximum atomic E-state index is 12.5. The molecule has 4 fully saturated rings. The number of piperazine rings is 1. The smallest absolute Gasteiger partial charge is 0.246 e. The molecule has 7 atom stereocenters. The van der Waals surface area contributed by atoms with E-state index < -0.39 is 0 Å². The highest BCUT2D eigenvalue weighted by atomic mass is 16.5. The summed E-state index contributed by atoms with van der Waals surface area (Å²) in [5.41, 5.74) is 2.35. The molecule has 0 radical (unpaired) electrons. The molecule has 1 aliphatic carbocycles. The minimum Gasteiger partial charge on any atom is -0.486 e. The molecule has 1 aromatic carbocycles. The van der Waals surface area contributed by atoms with E-state index in [2.05, 4.69) is 65.3 Å². The van der Waals surface area contributed by atoms with Crippen molar-refractivity contribution in [3.63, 3.8) is 0 Å². The van der Waals surface area contributed by atoms with Crippen molar-refractivity contribution in [2.45, 2.75) is 88.1 Å². The van der Waals surface area contributed by atoms with Crippen molar-refractivity contribution in [3.05, 3.63) is 42.0 Å². The molecule has 0 bridgehead atoms. The Labute approximate surface area is 238 Å². The van der Waals surface area contributed by atoms with E-state index in [1.165, 1.54) is 30.0 Å². The maximum Gasteiger partial charge on any atom is 0.246 e. The first-order valence-electron chi connectivity index (χ1n) is 15.1. The first-order chi connectivity index (χ1) is 19.4. The summed E-state index contributed by atoms with van der Waals surface area (Å²) in [7, 11) is 2.18. The molecule has 6 rings (SSSR count). The largest absolute Gasteiger partial charge is 0.486 e. The summed E-state index contributed by atoms with van der Waals surface area (Å²) >= 11 is 0. The van der Waals surface area contributed by atoms with Crippen LogP contribution in [0.1, 0.15) is 49.7 Å². The van der Waals surface area contributed by atoms with Crippen LogP contribution in [-0.4, -0.2) is 96.7 Å².